The van der Waals surface area contributed by atoms with Crippen LogP contribution in [0.3, 0.4) is 0 Å². The molecule has 0 saturated carbocycles. The average molecular weight is 286 g/mol. The van der Waals surface area contributed by atoms with Gasteiger partial charge in [0, 0.05) is 11.3 Å². The van der Waals surface area contributed by atoms with Gasteiger partial charge in [-0.25, -0.2) is 0 Å². The van der Waals surface area contributed by atoms with Gasteiger partial charge in [0.25, 0.3) is 0 Å². The van der Waals surface area contributed by atoms with E-state index in [9.17, 15) is 0 Å². The fourth-order valence-electron chi connectivity index (χ4n) is 4.13. The summed E-state index contributed by atoms with van der Waals surface area (Å²) in [5.74, 6) is 0.433. The van der Waals surface area contributed by atoms with Crippen molar-refractivity contribution < 1.29 is 0 Å². The van der Waals surface area contributed by atoms with Crippen LogP contribution in [-0.4, -0.2) is 0 Å². The molecule has 0 spiro atoms. The maximum atomic E-state index is 2.40. The van der Waals surface area contributed by atoms with Gasteiger partial charge in [-0.05, 0) is 41.2 Å². The molecule has 4 rings (SSSR count). The highest BCUT2D eigenvalue weighted by molar-refractivity contribution is 5.87. The van der Waals surface area contributed by atoms with E-state index in [1.165, 1.54) is 33.4 Å². The lowest BCUT2D eigenvalue weighted by Crippen LogP contribution is -2.16. The van der Waals surface area contributed by atoms with E-state index in [4.69, 9.17) is 0 Å². The van der Waals surface area contributed by atoms with Gasteiger partial charge in [-0.3, -0.25) is 0 Å². The van der Waals surface area contributed by atoms with Crippen LogP contribution >= 0.6 is 0 Å². The molecule has 0 nitrogen and oxygen atoms in total. The van der Waals surface area contributed by atoms with Crippen molar-refractivity contribution in [3.8, 4) is 0 Å². The molecule has 0 fully saturated rings. The summed E-state index contributed by atoms with van der Waals surface area (Å²) >= 11 is 0. The summed E-state index contributed by atoms with van der Waals surface area (Å²) in [5, 5.41) is 0. The highest BCUT2D eigenvalue weighted by atomic mass is 14.4. The monoisotopic (exact) mass is 286 g/mol. The minimum absolute atomic E-state index is 0.0491. The van der Waals surface area contributed by atoms with Crippen molar-refractivity contribution in [2.45, 2.75) is 33.1 Å². The Labute approximate surface area is 133 Å². The van der Waals surface area contributed by atoms with Crippen molar-refractivity contribution in [3.63, 3.8) is 0 Å². The second kappa shape index (κ2) is 4.71. The fraction of sp³-hybridized carbons (Fsp3) is 0.273. The quantitative estimate of drug-likeness (QED) is 0.628. The van der Waals surface area contributed by atoms with E-state index in [-0.39, 0.29) is 5.41 Å². The van der Waals surface area contributed by atoms with Crippen molar-refractivity contribution in [3.05, 3.63) is 88.6 Å². The molecule has 0 heterocycles. The number of hydrogen-bond donors (Lipinski definition) is 0. The maximum Gasteiger partial charge on any atom is 0.0281 e. The van der Waals surface area contributed by atoms with Crippen molar-refractivity contribution >= 4 is 5.57 Å². The van der Waals surface area contributed by atoms with Crippen LogP contribution < -0.4 is 0 Å². The lowest BCUT2D eigenvalue weighted by atomic mass is 9.73. The summed E-state index contributed by atoms with van der Waals surface area (Å²) in [6.07, 6.45) is 14.9. The lowest BCUT2D eigenvalue weighted by Gasteiger charge is -2.30. The van der Waals surface area contributed by atoms with Gasteiger partial charge < -0.3 is 0 Å². The Morgan fingerprint density at radius 2 is 1.91 bits per heavy atom. The summed E-state index contributed by atoms with van der Waals surface area (Å²) in [4.78, 5) is 0. The number of rotatable bonds is 2. The molecule has 0 heteroatoms. The van der Waals surface area contributed by atoms with Crippen LogP contribution in [0, 0.1) is 5.41 Å². The molecule has 0 N–H and O–H groups in total. The standard InChI is InChI=1S/C22H22/c1-15-12-13-16(14-15)22(2,3)21-19-10-6-4-8-17(19)18-9-5-7-11-20(18)21/h4-11,13-14,17H,12H2,1-3H3. The van der Waals surface area contributed by atoms with Gasteiger partial charge in [0.2, 0.25) is 0 Å². The van der Waals surface area contributed by atoms with Crippen LogP contribution in [0.5, 0.6) is 0 Å². The number of fused-ring (bicyclic) bond motifs is 3. The van der Waals surface area contributed by atoms with Gasteiger partial charge in [0.05, 0.1) is 0 Å². The molecule has 0 amide bonds. The third-order valence-corrected chi connectivity index (χ3v) is 5.27. The molecule has 22 heavy (non-hydrogen) atoms. The zero-order chi connectivity index (χ0) is 15.3. The van der Waals surface area contributed by atoms with Crippen LogP contribution in [0.25, 0.3) is 5.57 Å². The van der Waals surface area contributed by atoms with E-state index in [1.54, 1.807) is 0 Å². The summed E-state index contributed by atoms with van der Waals surface area (Å²) in [5.41, 5.74) is 8.86. The van der Waals surface area contributed by atoms with Crippen molar-refractivity contribution in [2.75, 3.05) is 0 Å². The normalized spacial score (nSPS) is 22.6. The van der Waals surface area contributed by atoms with Gasteiger partial charge in [0.15, 0.2) is 0 Å². The van der Waals surface area contributed by atoms with Gasteiger partial charge >= 0.3 is 0 Å². The van der Waals surface area contributed by atoms with Crippen LogP contribution in [0.1, 0.15) is 44.2 Å². The van der Waals surface area contributed by atoms with E-state index < -0.39 is 0 Å². The minimum Gasteiger partial charge on any atom is -0.0764 e. The molecule has 0 radical (unpaired) electrons. The lowest BCUT2D eigenvalue weighted by molar-refractivity contribution is 0.617. The highest BCUT2D eigenvalue weighted by Gasteiger charge is 2.38. The second-order valence-corrected chi connectivity index (χ2v) is 7.12. The molecule has 1 atom stereocenters. The van der Waals surface area contributed by atoms with Gasteiger partial charge in [-0.15, -0.1) is 0 Å². The third-order valence-electron chi connectivity index (χ3n) is 5.27. The van der Waals surface area contributed by atoms with Crippen LogP contribution in [0.15, 0.2) is 77.4 Å². The molecular weight excluding hydrogens is 264 g/mol. The molecule has 1 aromatic carbocycles. The van der Waals surface area contributed by atoms with E-state index in [2.05, 4.69) is 81.5 Å². The van der Waals surface area contributed by atoms with Gasteiger partial charge in [-0.2, -0.15) is 0 Å². The molecule has 0 bridgehead atoms. The van der Waals surface area contributed by atoms with Crippen LogP contribution in [0.4, 0.5) is 0 Å². The SMILES string of the molecule is CC1=CC(C(C)(C)C2=C3C=CC=CC3c3ccccc32)=CC1. The maximum absolute atomic E-state index is 2.40. The molecule has 1 aromatic rings. The van der Waals surface area contributed by atoms with Crippen LogP contribution in [-0.2, 0) is 0 Å². The Hall–Kier alpha value is -2.08. The Morgan fingerprint density at radius 3 is 2.68 bits per heavy atom. The largest absolute Gasteiger partial charge is 0.0764 e. The first kappa shape index (κ1) is 13.6. The summed E-state index contributed by atoms with van der Waals surface area (Å²) in [6, 6.07) is 8.92. The number of hydrogen-bond acceptors (Lipinski definition) is 0. The minimum atomic E-state index is 0.0491. The smallest absolute Gasteiger partial charge is 0.0281 e. The first-order valence-corrected chi connectivity index (χ1v) is 8.15. The predicted molar refractivity (Wildman–Crippen MR) is 94.6 cm³/mol. The highest BCUT2D eigenvalue weighted by Crippen LogP contribution is 2.54. The Bertz CT molecular complexity index is 791. The summed E-state index contributed by atoms with van der Waals surface area (Å²) in [6.45, 7) is 6.98. The van der Waals surface area contributed by atoms with Crippen LogP contribution in [0.2, 0.25) is 0 Å². The van der Waals surface area contributed by atoms with E-state index in [1.807, 2.05) is 0 Å². The first-order valence-electron chi connectivity index (χ1n) is 8.15. The summed E-state index contributed by atoms with van der Waals surface area (Å²) in [7, 11) is 0. The topological polar surface area (TPSA) is 0 Å². The molecule has 0 saturated heterocycles. The van der Waals surface area contributed by atoms with Crippen molar-refractivity contribution in [2.24, 2.45) is 5.41 Å². The summed E-state index contributed by atoms with van der Waals surface area (Å²) < 4.78 is 0. The molecule has 0 aliphatic heterocycles. The molecular formula is C22H22. The Morgan fingerprint density at radius 1 is 1.09 bits per heavy atom. The Balaban J connectivity index is 1.93. The second-order valence-electron chi connectivity index (χ2n) is 7.12. The Kier molecular flexibility index (Phi) is 2.91. The number of allylic oxidation sites excluding steroid dienone is 10. The zero-order valence-electron chi connectivity index (χ0n) is 13.6. The molecule has 0 aromatic heterocycles. The van der Waals surface area contributed by atoms with Gasteiger partial charge in [-0.1, -0.05) is 80.1 Å². The molecule has 110 valence electrons. The van der Waals surface area contributed by atoms with Crippen molar-refractivity contribution in [1.82, 2.24) is 0 Å². The fourth-order valence-corrected chi connectivity index (χ4v) is 4.13. The van der Waals surface area contributed by atoms with Gasteiger partial charge in [0.1, 0.15) is 0 Å². The number of benzene rings is 1. The van der Waals surface area contributed by atoms with E-state index in [0.717, 1.165) is 6.42 Å². The predicted octanol–water partition coefficient (Wildman–Crippen LogP) is 5.97. The first-order chi connectivity index (χ1) is 10.6. The molecule has 3 aliphatic carbocycles. The van der Waals surface area contributed by atoms with E-state index in [0.29, 0.717) is 5.92 Å². The van der Waals surface area contributed by atoms with E-state index >= 15 is 0 Å². The average Bonchev–Trinajstić information content (AvgIpc) is 3.09. The van der Waals surface area contributed by atoms with Crippen molar-refractivity contribution in [1.29, 1.82) is 0 Å². The third kappa shape index (κ3) is 1.83. The molecule has 3 aliphatic rings. The molecule has 1 unspecified atom stereocenters. The zero-order valence-corrected chi connectivity index (χ0v) is 13.6.